The maximum Gasteiger partial charge on any atom is 0.268 e. The van der Waals surface area contributed by atoms with Crippen LogP contribution in [-0.2, 0) is 9.59 Å². The Labute approximate surface area is 235 Å². The van der Waals surface area contributed by atoms with Crippen molar-refractivity contribution < 1.29 is 24.7 Å². The Morgan fingerprint density at radius 2 is 1.60 bits per heavy atom. The van der Waals surface area contributed by atoms with Gasteiger partial charge in [0.1, 0.15) is 6.04 Å². The number of hydroxylamine groups is 1. The highest BCUT2D eigenvalue weighted by atomic mass is 16.5. The van der Waals surface area contributed by atoms with Crippen molar-refractivity contribution in [3.05, 3.63) is 65.2 Å². The summed E-state index contributed by atoms with van der Waals surface area (Å²) >= 11 is 0. The number of carbonyl (C=O) groups is 3. The number of aliphatic hydroxyl groups excluding tert-OH is 1. The molecule has 3 fully saturated rings. The lowest BCUT2D eigenvalue weighted by atomic mass is 9.45. The Morgan fingerprint density at radius 3 is 2.12 bits per heavy atom. The fraction of sp³-hybridized carbons (Fsp3) is 0.452. The van der Waals surface area contributed by atoms with E-state index < -0.39 is 24.0 Å². The topological polar surface area (TPSA) is 140 Å². The molecule has 2 aromatic rings. The van der Waals surface area contributed by atoms with Crippen molar-refractivity contribution in [1.29, 1.82) is 0 Å². The molecule has 0 saturated heterocycles. The molecule has 9 heteroatoms. The SMILES string of the molecule is C[C@@H]1[C@@H](NCC(=O)Nc2ccc(C#Cc3ccc(C(=O)N[C@H](C(=O)NO)[C@@H](C)O)cc3)cc2)CC2C[C@@H]1C2(C)C. The average Bonchev–Trinajstić information content (AvgIpc) is 2.94. The van der Waals surface area contributed by atoms with Crippen molar-refractivity contribution in [2.45, 2.75) is 58.7 Å². The molecule has 6 N–H and O–H groups in total. The van der Waals surface area contributed by atoms with Gasteiger partial charge >= 0.3 is 0 Å². The molecule has 0 spiro atoms. The van der Waals surface area contributed by atoms with Gasteiger partial charge in [-0.3, -0.25) is 19.6 Å². The van der Waals surface area contributed by atoms with Crippen molar-refractivity contribution >= 4 is 23.4 Å². The molecule has 3 aliphatic carbocycles. The van der Waals surface area contributed by atoms with Crippen molar-refractivity contribution in [2.75, 3.05) is 11.9 Å². The number of carbonyl (C=O) groups excluding carboxylic acids is 3. The van der Waals surface area contributed by atoms with Crippen LogP contribution in [0.5, 0.6) is 0 Å². The van der Waals surface area contributed by atoms with Gasteiger partial charge in [0, 0.05) is 28.4 Å². The Bertz CT molecular complexity index is 1290. The standard InChI is InChI=1S/C31H38N4O5/c1-18-25-15-23(31(25,3)4)16-26(18)32-17-27(37)33-24-13-9-21(10-14-24)6-5-20-7-11-22(12-8-20)29(38)34-28(19(2)36)30(39)35-40/h7-14,18-19,23,25-26,28,32,36,40H,15-17H2,1-4H3,(H,33,37)(H,34,38)(H,35,39)/t18-,19+,23?,25-,26-,28-/m0/s1. The van der Waals surface area contributed by atoms with E-state index in [1.54, 1.807) is 24.3 Å². The van der Waals surface area contributed by atoms with Crippen molar-refractivity contribution in [2.24, 2.45) is 23.2 Å². The van der Waals surface area contributed by atoms with Gasteiger partial charge < -0.3 is 21.1 Å². The first-order valence-corrected chi connectivity index (χ1v) is 13.7. The third-order valence-electron chi connectivity index (χ3n) is 8.71. The summed E-state index contributed by atoms with van der Waals surface area (Å²) in [5.74, 6) is 6.58. The summed E-state index contributed by atoms with van der Waals surface area (Å²) in [7, 11) is 0. The zero-order chi connectivity index (χ0) is 29.0. The first-order chi connectivity index (χ1) is 19.0. The van der Waals surface area contributed by atoms with Crippen molar-refractivity contribution in [3.8, 4) is 11.8 Å². The molecule has 1 unspecified atom stereocenters. The molecule has 0 radical (unpaired) electrons. The van der Waals surface area contributed by atoms with E-state index in [1.807, 2.05) is 24.3 Å². The van der Waals surface area contributed by atoms with Crippen LogP contribution in [-0.4, -0.2) is 52.8 Å². The molecule has 0 aromatic heterocycles. The van der Waals surface area contributed by atoms with E-state index >= 15 is 0 Å². The van der Waals surface area contributed by atoms with E-state index in [0.29, 0.717) is 35.2 Å². The van der Waals surface area contributed by atoms with E-state index in [2.05, 4.69) is 48.6 Å². The molecule has 2 bridgehead atoms. The van der Waals surface area contributed by atoms with E-state index in [1.165, 1.54) is 18.8 Å². The minimum atomic E-state index is -1.29. The van der Waals surface area contributed by atoms with E-state index in [-0.39, 0.29) is 11.5 Å². The first kappa shape index (κ1) is 29.3. The minimum Gasteiger partial charge on any atom is -0.391 e. The van der Waals surface area contributed by atoms with Crippen LogP contribution in [0.4, 0.5) is 5.69 Å². The van der Waals surface area contributed by atoms with E-state index in [9.17, 15) is 19.5 Å². The summed E-state index contributed by atoms with van der Waals surface area (Å²) in [4.78, 5) is 36.5. The van der Waals surface area contributed by atoms with Gasteiger partial charge in [-0.2, -0.15) is 0 Å². The second-order valence-electron chi connectivity index (χ2n) is 11.6. The number of hydrogen-bond acceptors (Lipinski definition) is 6. The lowest BCUT2D eigenvalue weighted by Gasteiger charge is -2.62. The Hall–Kier alpha value is -3.71. The third-order valence-corrected chi connectivity index (χ3v) is 8.71. The molecule has 0 aliphatic heterocycles. The number of aliphatic hydroxyl groups is 1. The van der Waals surface area contributed by atoms with Gasteiger partial charge in [0.05, 0.1) is 12.6 Å². The number of rotatable bonds is 8. The van der Waals surface area contributed by atoms with E-state index in [4.69, 9.17) is 5.21 Å². The molecule has 5 rings (SSSR count). The highest BCUT2D eigenvalue weighted by Gasteiger charge is 2.56. The van der Waals surface area contributed by atoms with Crippen LogP contribution >= 0.6 is 0 Å². The summed E-state index contributed by atoms with van der Waals surface area (Å²) < 4.78 is 0. The van der Waals surface area contributed by atoms with Crippen LogP contribution in [0.3, 0.4) is 0 Å². The Balaban J connectivity index is 1.26. The molecular formula is C31H38N4O5. The van der Waals surface area contributed by atoms with Gasteiger partial charge in [0.15, 0.2) is 0 Å². The average molecular weight is 547 g/mol. The number of nitrogens with one attached hydrogen (secondary N) is 4. The lowest BCUT2D eigenvalue weighted by molar-refractivity contribution is -0.133. The second-order valence-corrected chi connectivity index (χ2v) is 11.6. The number of fused-ring (bicyclic) bond motifs is 2. The van der Waals surface area contributed by atoms with Gasteiger partial charge in [-0.05, 0) is 91.5 Å². The summed E-state index contributed by atoms with van der Waals surface area (Å²) in [6.07, 6.45) is 1.25. The van der Waals surface area contributed by atoms with Crippen LogP contribution in [0.15, 0.2) is 48.5 Å². The van der Waals surface area contributed by atoms with Crippen LogP contribution in [0, 0.1) is 35.0 Å². The monoisotopic (exact) mass is 546 g/mol. The molecule has 40 heavy (non-hydrogen) atoms. The van der Waals surface area contributed by atoms with Gasteiger partial charge in [-0.15, -0.1) is 0 Å². The van der Waals surface area contributed by atoms with Gasteiger partial charge in [0.2, 0.25) is 5.91 Å². The molecule has 3 amide bonds. The van der Waals surface area contributed by atoms with E-state index in [0.717, 1.165) is 23.8 Å². The fourth-order valence-electron chi connectivity index (χ4n) is 6.03. The van der Waals surface area contributed by atoms with Crippen molar-refractivity contribution in [1.82, 2.24) is 16.1 Å². The number of benzene rings is 2. The molecule has 0 heterocycles. The molecule has 2 aromatic carbocycles. The largest absolute Gasteiger partial charge is 0.391 e. The zero-order valence-corrected chi connectivity index (χ0v) is 23.3. The Morgan fingerprint density at radius 1 is 1.00 bits per heavy atom. The summed E-state index contributed by atoms with van der Waals surface area (Å²) in [5, 5.41) is 27.2. The number of hydrogen-bond donors (Lipinski definition) is 6. The van der Waals surface area contributed by atoms with Gasteiger partial charge in [0.25, 0.3) is 11.8 Å². The summed E-state index contributed by atoms with van der Waals surface area (Å²) in [6.45, 7) is 8.67. The highest BCUT2D eigenvalue weighted by Crippen LogP contribution is 2.61. The number of amides is 3. The van der Waals surface area contributed by atoms with Gasteiger partial charge in [-0.25, -0.2) is 5.48 Å². The second kappa shape index (κ2) is 12.2. The van der Waals surface area contributed by atoms with Crippen molar-refractivity contribution in [3.63, 3.8) is 0 Å². The third kappa shape index (κ3) is 6.53. The Kier molecular flexibility index (Phi) is 8.94. The maximum atomic E-state index is 12.5. The smallest absolute Gasteiger partial charge is 0.268 e. The predicted molar refractivity (Wildman–Crippen MR) is 151 cm³/mol. The number of anilines is 1. The van der Waals surface area contributed by atoms with Crippen LogP contribution < -0.4 is 21.4 Å². The molecule has 6 atom stereocenters. The van der Waals surface area contributed by atoms with Crippen LogP contribution in [0.2, 0.25) is 0 Å². The quantitative estimate of drug-likeness (QED) is 0.171. The normalized spacial score (nSPS) is 23.9. The highest BCUT2D eigenvalue weighted by molar-refractivity contribution is 5.97. The first-order valence-electron chi connectivity index (χ1n) is 13.7. The van der Waals surface area contributed by atoms with Gasteiger partial charge in [-0.1, -0.05) is 32.6 Å². The molecule has 212 valence electrons. The summed E-state index contributed by atoms with van der Waals surface area (Å²) in [5.41, 5.74) is 4.28. The van der Waals surface area contributed by atoms with Crippen LogP contribution in [0.25, 0.3) is 0 Å². The molecule has 3 aliphatic rings. The minimum absolute atomic E-state index is 0.0644. The molecule has 9 nitrogen and oxygen atoms in total. The summed E-state index contributed by atoms with van der Waals surface area (Å²) in [6, 6.07) is 12.8. The zero-order valence-electron chi connectivity index (χ0n) is 23.3. The van der Waals surface area contributed by atoms with Crippen LogP contribution in [0.1, 0.15) is 62.0 Å². The fourth-order valence-corrected chi connectivity index (χ4v) is 6.03. The lowest BCUT2D eigenvalue weighted by Crippen LogP contribution is -2.60. The molecular weight excluding hydrogens is 508 g/mol. The predicted octanol–water partition coefficient (Wildman–Crippen LogP) is 2.67. The maximum absolute atomic E-state index is 12.5. The molecule has 3 saturated carbocycles.